The van der Waals surface area contributed by atoms with Crippen LogP contribution < -0.4 is 0 Å². The molecule has 2 rings (SSSR count). The summed E-state index contributed by atoms with van der Waals surface area (Å²) < 4.78 is 0. The van der Waals surface area contributed by atoms with Gasteiger partial charge in [-0.2, -0.15) is 5.26 Å². The molecule has 20 heavy (non-hydrogen) atoms. The molecule has 106 valence electrons. The maximum absolute atomic E-state index is 12.4. The van der Waals surface area contributed by atoms with Crippen molar-refractivity contribution in [3.63, 3.8) is 0 Å². The lowest BCUT2D eigenvalue weighted by Crippen LogP contribution is -2.51. The molecule has 0 spiro atoms. The minimum Gasteiger partial charge on any atom is -0.336 e. The number of amides is 1. The molecule has 1 heterocycles. The third kappa shape index (κ3) is 3.43. The molecule has 4 nitrogen and oxygen atoms in total. The highest BCUT2D eigenvalue weighted by Crippen LogP contribution is 2.20. The molecule has 1 aliphatic heterocycles. The fourth-order valence-corrected chi connectivity index (χ4v) is 2.78. The Labute approximate surface area is 128 Å². The molecular weight excluding hydrogens is 297 g/mol. The number of piperazine rings is 1. The second kappa shape index (κ2) is 6.45. The van der Waals surface area contributed by atoms with E-state index in [1.54, 1.807) is 23.1 Å². The van der Waals surface area contributed by atoms with Gasteiger partial charge < -0.3 is 4.90 Å². The first kappa shape index (κ1) is 15.1. The number of rotatable bonds is 2. The molecule has 0 aliphatic carbocycles. The van der Waals surface area contributed by atoms with Gasteiger partial charge in [0.05, 0.1) is 12.1 Å². The standard InChI is InChI=1S/C14H15Cl2N3O/c1-10(9-17)18-2-4-19(5-3-18)14(20)11-6-12(15)8-13(16)7-11/h6-8,10H,2-5H2,1H3. The largest absolute Gasteiger partial charge is 0.336 e. The number of carbonyl (C=O) groups is 1. The molecule has 1 fully saturated rings. The zero-order chi connectivity index (χ0) is 14.7. The Morgan fingerprint density at radius 1 is 1.20 bits per heavy atom. The van der Waals surface area contributed by atoms with Crippen LogP contribution in [0.1, 0.15) is 17.3 Å². The summed E-state index contributed by atoms with van der Waals surface area (Å²) in [6, 6.07) is 6.95. The predicted molar refractivity (Wildman–Crippen MR) is 79.0 cm³/mol. The summed E-state index contributed by atoms with van der Waals surface area (Å²) in [5.41, 5.74) is 0.504. The van der Waals surface area contributed by atoms with Crippen molar-refractivity contribution in [3.8, 4) is 6.07 Å². The van der Waals surface area contributed by atoms with E-state index in [2.05, 4.69) is 11.0 Å². The Morgan fingerprint density at radius 2 is 1.75 bits per heavy atom. The van der Waals surface area contributed by atoms with Crippen molar-refractivity contribution >= 4 is 29.1 Å². The molecular formula is C14H15Cl2N3O. The molecule has 0 N–H and O–H groups in total. The number of carbonyl (C=O) groups excluding carboxylic acids is 1. The maximum atomic E-state index is 12.4. The molecule has 0 bridgehead atoms. The number of hydrogen-bond donors (Lipinski definition) is 0. The van der Waals surface area contributed by atoms with Crippen LogP contribution >= 0.6 is 23.2 Å². The fraction of sp³-hybridized carbons (Fsp3) is 0.429. The van der Waals surface area contributed by atoms with Gasteiger partial charge >= 0.3 is 0 Å². The molecule has 0 radical (unpaired) electrons. The van der Waals surface area contributed by atoms with Crippen LogP contribution in [0.5, 0.6) is 0 Å². The van der Waals surface area contributed by atoms with Crippen LogP contribution in [0.15, 0.2) is 18.2 Å². The van der Waals surface area contributed by atoms with E-state index in [0.717, 1.165) is 0 Å². The van der Waals surface area contributed by atoms with Crippen LogP contribution in [0.3, 0.4) is 0 Å². The highest BCUT2D eigenvalue weighted by atomic mass is 35.5. The lowest BCUT2D eigenvalue weighted by Gasteiger charge is -2.35. The zero-order valence-corrected chi connectivity index (χ0v) is 12.7. The van der Waals surface area contributed by atoms with E-state index in [9.17, 15) is 4.79 Å². The van der Waals surface area contributed by atoms with Gasteiger partial charge in [-0.15, -0.1) is 0 Å². The lowest BCUT2D eigenvalue weighted by molar-refractivity contribution is 0.0615. The highest BCUT2D eigenvalue weighted by Gasteiger charge is 2.24. The first-order chi connectivity index (χ1) is 9.51. The van der Waals surface area contributed by atoms with Gasteiger partial charge in [0.15, 0.2) is 0 Å². The normalized spacial score (nSPS) is 17.6. The van der Waals surface area contributed by atoms with E-state index >= 15 is 0 Å². The van der Waals surface area contributed by atoms with Crippen molar-refractivity contribution in [1.29, 1.82) is 5.26 Å². The third-order valence-corrected chi connectivity index (χ3v) is 3.88. The Kier molecular flexibility index (Phi) is 4.87. The molecule has 1 unspecified atom stereocenters. The Balaban J connectivity index is 2.03. The van der Waals surface area contributed by atoms with E-state index in [1.807, 2.05) is 6.92 Å². The lowest BCUT2D eigenvalue weighted by atomic mass is 10.1. The maximum Gasteiger partial charge on any atom is 0.254 e. The monoisotopic (exact) mass is 311 g/mol. The summed E-state index contributed by atoms with van der Waals surface area (Å²) in [4.78, 5) is 16.2. The van der Waals surface area contributed by atoms with Gasteiger partial charge in [-0.25, -0.2) is 0 Å². The van der Waals surface area contributed by atoms with Gasteiger partial charge in [0, 0.05) is 41.8 Å². The van der Waals surface area contributed by atoms with E-state index in [-0.39, 0.29) is 11.9 Å². The minimum absolute atomic E-state index is 0.0707. The highest BCUT2D eigenvalue weighted by molar-refractivity contribution is 6.35. The van der Waals surface area contributed by atoms with Gasteiger partial charge in [-0.05, 0) is 25.1 Å². The zero-order valence-electron chi connectivity index (χ0n) is 11.1. The molecule has 1 aromatic rings. The van der Waals surface area contributed by atoms with Crippen LogP contribution in [0.4, 0.5) is 0 Å². The van der Waals surface area contributed by atoms with Gasteiger partial charge in [-0.1, -0.05) is 23.2 Å². The van der Waals surface area contributed by atoms with Gasteiger partial charge in [0.1, 0.15) is 0 Å². The van der Waals surface area contributed by atoms with E-state index in [1.165, 1.54) is 0 Å². The summed E-state index contributed by atoms with van der Waals surface area (Å²) in [6.07, 6.45) is 0. The SMILES string of the molecule is CC(C#N)N1CCN(C(=O)c2cc(Cl)cc(Cl)c2)CC1. The number of nitriles is 1. The molecule has 0 saturated carbocycles. The van der Waals surface area contributed by atoms with Crippen LogP contribution in [0.2, 0.25) is 10.0 Å². The molecule has 1 aromatic carbocycles. The summed E-state index contributed by atoms with van der Waals surface area (Å²) in [7, 11) is 0. The summed E-state index contributed by atoms with van der Waals surface area (Å²) in [5, 5.41) is 9.81. The predicted octanol–water partition coefficient (Wildman–Crippen LogP) is 2.66. The second-order valence-electron chi connectivity index (χ2n) is 4.79. The van der Waals surface area contributed by atoms with Crippen molar-refractivity contribution in [1.82, 2.24) is 9.80 Å². The summed E-state index contributed by atoms with van der Waals surface area (Å²) in [6.45, 7) is 4.49. The van der Waals surface area contributed by atoms with E-state index in [0.29, 0.717) is 41.8 Å². The summed E-state index contributed by atoms with van der Waals surface area (Å²) in [5.74, 6) is -0.0707. The van der Waals surface area contributed by atoms with E-state index < -0.39 is 0 Å². The van der Waals surface area contributed by atoms with Crippen LogP contribution in [0, 0.1) is 11.3 Å². The average Bonchev–Trinajstić information content (AvgIpc) is 2.45. The van der Waals surface area contributed by atoms with Crippen molar-refractivity contribution in [2.24, 2.45) is 0 Å². The number of hydrogen-bond acceptors (Lipinski definition) is 3. The number of nitrogens with zero attached hydrogens (tertiary/aromatic N) is 3. The second-order valence-corrected chi connectivity index (χ2v) is 5.66. The minimum atomic E-state index is -0.118. The smallest absolute Gasteiger partial charge is 0.254 e. The number of benzene rings is 1. The van der Waals surface area contributed by atoms with Gasteiger partial charge in [0.25, 0.3) is 5.91 Å². The van der Waals surface area contributed by atoms with Crippen LogP contribution in [-0.4, -0.2) is 47.9 Å². The van der Waals surface area contributed by atoms with Crippen molar-refractivity contribution < 1.29 is 4.79 Å². The Morgan fingerprint density at radius 3 is 2.25 bits per heavy atom. The first-order valence-electron chi connectivity index (χ1n) is 6.40. The third-order valence-electron chi connectivity index (χ3n) is 3.45. The quantitative estimate of drug-likeness (QED) is 0.843. The molecule has 1 atom stereocenters. The molecule has 1 aliphatic rings. The molecule has 6 heteroatoms. The molecule has 0 aromatic heterocycles. The Hall–Kier alpha value is -1.28. The van der Waals surface area contributed by atoms with Crippen molar-refractivity contribution in [2.45, 2.75) is 13.0 Å². The van der Waals surface area contributed by atoms with Crippen LogP contribution in [-0.2, 0) is 0 Å². The molecule has 1 saturated heterocycles. The van der Waals surface area contributed by atoms with Crippen LogP contribution in [0.25, 0.3) is 0 Å². The van der Waals surface area contributed by atoms with Gasteiger partial charge in [-0.3, -0.25) is 9.69 Å². The fourth-order valence-electron chi connectivity index (χ4n) is 2.25. The van der Waals surface area contributed by atoms with Gasteiger partial charge in [0.2, 0.25) is 0 Å². The molecule has 1 amide bonds. The van der Waals surface area contributed by atoms with E-state index in [4.69, 9.17) is 28.5 Å². The summed E-state index contributed by atoms with van der Waals surface area (Å²) >= 11 is 11.8. The van der Waals surface area contributed by atoms with Crippen molar-refractivity contribution in [3.05, 3.63) is 33.8 Å². The topological polar surface area (TPSA) is 47.3 Å². The Bertz CT molecular complexity index is 528. The first-order valence-corrected chi connectivity index (χ1v) is 7.16. The number of halogens is 2. The van der Waals surface area contributed by atoms with Crippen molar-refractivity contribution in [2.75, 3.05) is 26.2 Å². The average molecular weight is 312 g/mol.